The highest BCUT2D eigenvalue weighted by molar-refractivity contribution is 7.09. The van der Waals surface area contributed by atoms with Gasteiger partial charge in [0.25, 0.3) is 0 Å². The quantitative estimate of drug-likeness (QED) is 0.933. The molecule has 0 radical (unpaired) electrons. The van der Waals surface area contributed by atoms with Gasteiger partial charge < -0.3 is 10.0 Å². The van der Waals surface area contributed by atoms with Crippen molar-refractivity contribution in [1.29, 1.82) is 0 Å². The van der Waals surface area contributed by atoms with Crippen LogP contribution in [0.5, 0.6) is 0 Å². The van der Waals surface area contributed by atoms with Gasteiger partial charge in [-0.1, -0.05) is 0 Å². The summed E-state index contributed by atoms with van der Waals surface area (Å²) in [6.45, 7) is 4.24. The van der Waals surface area contributed by atoms with Crippen LogP contribution in [0.4, 0.5) is 10.1 Å². The maximum atomic E-state index is 13.3. The molecule has 1 N–H and O–H groups in total. The molecule has 0 saturated heterocycles. The van der Waals surface area contributed by atoms with Gasteiger partial charge in [-0.15, -0.1) is 11.3 Å². The van der Waals surface area contributed by atoms with Crippen molar-refractivity contribution in [2.24, 2.45) is 0 Å². The number of aliphatic hydroxyl groups is 1. The van der Waals surface area contributed by atoms with Crippen molar-refractivity contribution in [2.75, 3.05) is 11.9 Å². The monoisotopic (exact) mass is 280 g/mol. The van der Waals surface area contributed by atoms with E-state index in [1.165, 1.54) is 12.1 Å². The lowest BCUT2D eigenvalue weighted by Crippen LogP contribution is -2.19. The zero-order chi connectivity index (χ0) is 14.0. The summed E-state index contributed by atoms with van der Waals surface area (Å²) in [5.41, 5.74) is 2.39. The second-order valence-corrected chi connectivity index (χ2v) is 5.66. The highest BCUT2D eigenvalue weighted by Crippen LogP contribution is 2.27. The molecule has 3 nitrogen and oxygen atoms in total. The van der Waals surface area contributed by atoms with Crippen LogP contribution in [0.3, 0.4) is 0 Å². The van der Waals surface area contributed by atoms with E-state index in [1.807, 2.05) is 24.3 Å². The van der Waals surface area contributed by atoms with E-state index in [0.29, 0.717) is 12.1 Å². The van der Waals surface area contributed by atoms with E-state index in [1.54, 1.807) is 24.3 Å². The molecule has 0 aliphatic rings. The van der Waals surface area contributed by atoms with Crippen LogP contribution in [-0.4, -0.2) is 17.1 Å². The van der Waals surface area contributed by atoms with Crippen LogP contribution in [0.25, 0.3) is 0 Å². The first-order chi connectivity index (χ1) is 8.97. The summed E-state index contributed by atoms with van der Waals surface area (Å²) in [6, 6.07) is 4.48. The van der Waals surface area contributed by atoms with E-state index < -0.39 is 6.10 Å². The number of aryl methyl sites for hydroxylation is 1. The van der Waals surface area contributed by atoms with Crippen molar-refractivity contribution < 1.29 is 9.50 Å². The maximum Gasteiger partial charge on any atom is 0.123 e. The van der Waals surface area contributed by atoms with Gasteiger partial charge in [0.1, 0.15) is 5.82 Å². The molecule has 1 unspecified atom stereocenters. The van der Waals surface area contributed by atoms with Gasteiger partial charge in [0, 0.05) is 23.7 Å². The number of rotatable bonds is 4. The lowest BCUT2D eigenvalue weighted by atomic mass is 10.1. The fourth-order valence-corrected chi connectivity index (χ4v) is 2.62. The van der Waals surface area contributed by atoms with Crippen molar-refractivity contribution in [3.05, 3.63) is 45.7 Å². The first-order valence-corrected chi connectivity index (χ1v) is 6.95. The summed E-state index contributed by atoms with van der Waals surface area (Å²) in [5.74, 6) is -0.336. The maximum absolute atomic E-state index is 13.3. The molecule has 2 rings (SSSR count). The van der Waals surface area contributed by atoms with E-state index in [9.17, 15) is 9.50 Å². The molecule has 0 bridgehead atoms. The number of hydrogen-bond donors (Lipinski definition) is 1. The van der Waals surface area contributed by atoms with Gasteiger partial charge >= 0.3 is 0 Å². The second-order valence-electron chi connectivity index (χ2n) is 4.59. The zero-order valence-corrected chi connectivity index (χ0v) is 12.0. The third kappa shape index (κ3) is 3.30. The molecule has 1 atom stereocenters. The van der Waals surface area contributed by atoms with E-state index >= 15 is 0 Å². The predicted molar refractivity (Wildman–Crippen MR) is 76.0 cm³/mol. The minimum Gasteiger partial charge on any atom is -0.389 e. The molecular weight excluding hydrogens is 263 g/mol. The third-order valence-electron chi connectivity index (χ3n) is 2.92. The summed E-state index contributed by atoms with van der Waals surface area (Å²) in [6.07, 6.45) is -0.703. The topological polar surface area (TPSA) is 36.4 Å². The Balaban J connectivity index is 2.25. The van der Waals surface area contributed by atoms with Gasteiger partial charge in [0.05, 0.1) is 23.4 Å². The standard InChI is InChI=1S/C14H17FN2OS/c1-9(18)13-6-11(15)4-5-14(13)17(3)7-12-8-19-10(2)16-12/h4-6,8-9,18H,7H2,1-3H3. The Morgan fingerprint density at radius 1 is 1.47 bits per heavy atom. The second kappa shape index (κ2) is 5.67. The van der Waals surface area contributed by atoms with Gasteiger partial charge in [0.15, 0.2) is 0 Å². The highest BCUT2D eigenvalue weighted by Gasteiger charge is 2.13. The van der Waals surface area contributed by atoms with Crippen LogP contribution in [-0.2, 0) is 6.54 Å². The van der Waals surface area contributed by atoms with Crippen molar-refractivity contribution in [3.63, 3.8) is 0 Å². The van der Waals surface area contributed by atoms with E-state index in [0.717, 1.165) is 16.4 Å². The van der Waals surface area contributed by atoms with Gasteiger partial charge in [-0.2, -0.15) is 0 Å². The van der Waals surface area contributed by atoms with Gasteiger partial charge in [-0.25, -0.2) is 9.37 Å². The number of nitrogens with zero attached hydrogens (tertiary/aromatic N) is 2. The summed E-state index contributed by atoms with van der Waals surface area (Å²) < 4.78 is 13.3. The summed E-state index contributed by atoms with van der Waals surface area (Å²) in [4.78, 5) is 6.38. The molecule has 0 saturated carbocycles. The van der Waals surface area contributed by atoms with Gasteiger partial charge in [-0.05, 0) is 32.0 Å². The fraction of sp³-hybridized carbons (Fsp3) is 0.357. The van der Waals surface area contributed by atoms with Crippen molar-refractivity contribution in [1.82, 2.24) is 4.98 Å². The van der Waals surface area contributed by atoms with Crippen molar-refractivity contribution in [3.8, 4) is 0 Å². The molecule has 0 spiro atoms. The van der Waals surface area contributed by atoms with Gasteiger partial charge in [0.2, 0.25) is 0 Å². The van der Waals surface area contributed by atoms with Crippen molar-refractivity contribution in [2.45, 2.75) is 26.5 Å². The Morgan fingerprint density at radius 3 is 2.79 bits per heavy atom. The van der Waals surface area contributed by atoms with Crippen LogP contribution in [0.2, 0.25) is 0 Å². The Hall–Kier alpha value is -1.46. The first-order valence-electron chi connectivity index (χ1n) is 6.07. The largest absolute Gasteiger partial charge is 0.389 e. The normalized spacial score (nSPS) is 12.5. The Labute approximate surface area is 116 Å². The van der Waals surface area contributed by atoms with Crippen LogP contribution < -0.4 is 4.90 Å². The molecule has 2 aromatic rings. The average molecular weight is 280 g/mol. The summed E-state index contributed by atoms with van der Waals surface area (Å²) in [5, 5.41) is 12.8. The van der Waals surface area contributed by atoms with Crippen LogP contribution in [0, 0.1) is 12.7 Å². The average Bonchev–Trinajstić information content (AvgIpc) is 2.74. The highest BCUT2D eigenvalue weighted by atomic mass is 32.1. The number of halogens is 1. The predicted octanol–water partition coefficient (Wildman–Crippen LogP) is 3.28. The molecule has 1 aromatic carbocycles. The number of benzene rings is 1. The van der Waals surface area contributed by atoms with Crippen LogP contribution >= 0.6 is 11.3 Å². The van der Waals surface area contributed by atoms with Crippen LogP contribution in [0.1, 0.15) is 29.3 Å². The Bertz CT molecular complexity index is 568. The minimum absolute atomic E-state index is 0.336. The lowest BCUT2D eigenvalue weighted by molar-refractivity contribution is 0.199. The van der Waals surface area contributed by atoms with Crippen molar-refractivity contribution >= 4 is 17.0 Å². The fourth-order valence-electron chi connectivity index (χ4n) is 2.02. The molecule has 1 aromatic heterocycles. The molecule has 0 fully saturated rings. The first kappa shape index (κ1) is 14.0. The number of thiazole rings is 1. The molecule has 0 amide bonds. The molecule has 0 aliphatic heterocycles. The van der Waals surface area contributed by atoms with E-state index in [4.69, 9.17) is 0 Å². The summed E-state index contributed by atoms with van der Waals surface area (Å²) >= 11 is 1.61. The zero-order valence-electron chi connectivity index (χ0n) is 11.2. The number of aromatic nitrogens is 1. The molecular formula is C14H17FN2OS. The summed E-state index contributed by atoms with van der Waals surface area (Å²) in [7, 11) is 1.91. The minimum atomic E-state index is -0.703. The smallest absolute Gasteiger partial charge is 0.123 e. The number of hydrogen-bond acceptors (Lipinski definition) is 4. The lowest BCUT2D eigenvalue weighted by Gasteiger charge is -2.23. The molecule has 5 heteroatoms. The van der Waals surface area contributed by atoms with Crippen LogP contribution in [0.15, 0.2) is 23.6 Å². The molecule has 1 heterocycles. The molecule has 102 valence electrons. The van der Waals surface area contributed by atoms with E-state index in [2.05, 4.69) is 4.98 Å². The Morgan fingerprint density at radius 2 is 2.21 bits per heavy atom. The molecule has 19 heavy (non-hydrogen) atoms. The molecule has 0 aliphatic carbocycles. The SMILES string of the molecule is Cc1nc(CN(C)c2ccc(F)cc2C(C)O)cs1. The number of aliphatic hydroxyl groups excluding tert-OH is 1. The number of anilines is 1. The van der Waals surface area contributed by atoms with Gasteiger partial charge in [-0.3, -0.25) is 0 Å². The third-order valence-corrected chi connectivity index (χ3v) is 3.74. The van der Waals surface area contributed by atoms with E-state index in [-0.39, 0.29) is 5.82 Å². The Kier molecular flexibility index (Phi) is 4.17.